The second-order valence-electron chi connectivity index (χ2n) is 6.63. The Hall–Kier alpha value is -2.53. The molecule has 1 amide bonds. The molecule has 1 fully saturated rings. The van der Waals surface area contributed by atoms with Crippen LogP contribution in [0.15, 0.2) is 48.5 Å². The Kier molecular flexibility index (Phi) is 6.12. The van der Waals surface area contributed by atoms with Crippen LogP contribution in [0, 0.1) is 6.92 Å². The Bertz CT molecular complexity index is 740. The fourth-order valence-electron chi connectivity index (χ4n) is 3.32. The number of carbonyl (C=O) groups is 1. The Balaban J connectivity index is 1.44. The number of para-hydroxylation sites is 2. The van der Waals surface area contributed by atoms with Crippen molar-refractivity contribution in [2.75, 3.05) is 51.3 Å². The van der Waals surface area contributed by atoms with Gasteiger partial charge >= 0.3 is 0 Å². The van der Waals surface area contributed by atoms with Crippen LogP contribution in [0.3, 0.4) is 0 Å². The molecular formula is C21H27N3O2. The smallest absolute Gasteiger partial charge is 0.251 e. The molecule has 0 radical (unpaired) electrons. The van der Waals surface area contributed by atoms with Crippen LogP contribution in [0.4, 0.5) is 5.69 Å². The molecular weight excluding hydrogens is 326 g/mol. The monoisotopic (exact) mass is 353 g/mol. The second kappa shape index (κ2) is 8.72. The van der Waals surface area contributed by atoms with E-state index in [1.807, 2.05) is 49.4 Å². The summed E-state index contributed by atoms with van der Waals surface area (Å²) in [6.07, 6.45) is 0. The van der Waals surface area contributed by atoms with E-state index in [9.17, 15) is 4.79 Å². The molecule has 5 nitrogen and oxygen atoms in total. The Morgan fingerprint density at radius 1 is 1.08 bits per heavy atom. The zero-order valence-electron chi connectivity index (χ0n) is 15.6. The van der Waals surface area contributed by atoms with Gasteiger partial charge in [-0.3, -0.25) is 9.69 Å². The van der Waals surface area contributed by atoms with E-state index >= 15 is 0 Å². The molecule has 0 aliphatic carbocycles. The van der Waals surface area contributed by atoms with E-state index in [0.29, 0.717) is 6.54 Å². The van der Waals surface area contributed by atoms with Crippen molar-refractivity contribution in [1.29, 1.82) is 0 Å². The van der Waals surface area contributed by atoms with Crippen LogP contribution in [-0.4, -0.2) is 57.2 Å². The number of rotatable bonds is 6. The minimum atomic E-state index is 0.00126. The minimum absolute atomic E-state index is 0.00126. The lowest BCUT2D eigenvalue weighted by molar-refractivity contribution is 0.0947. The molecule has 3 rings (SSSR count). The van der Waals surface area contributed by atoms with Gasteiger partial charge in [0.1, 0.15) is 5.75 Å². The minimum Gasteiger partial charge on any atom is -0.495 e. The molecule has 2 aromatic rings. The third-order valence-corrected chi connectivity index (χ3v) is 4.79. The second-order valence-corrected chi connectivity index (χ2v) is 6.63. The summed E-state index contributed by atoms with van der Waals surface area (Å²) in [6.45, 7) is 7.44. The molecule has 0 spiro atoms. The molecule has 2 aromatic carbocycles. The lowest BCUT2D eigenvalue weighted by atomic mass is 10.1. The average molecular weight is 353 g/mol. The number of carbonyl (C=O) groups excluding carboxylic acids is 1. The van der Waals surface area contributed by atoms with Crippen molar-refractivity contribution >= 4 is 11.6 Å². The van der Waals surface area contributed by atoms with Crippen molar-refractivity contribution in [3.8, 4) is 5.75 Å². The third-order valence-electron chi connectivity index (χ3n) is 4.79. The molecule has 0 atom stereocenters. The van der Waals surface area contributed by atoms with E-state index < -0.39 is 0 Å². The molecule has 0 saturated carbocycles. The van der Waals surface area contributed by atoms with Gasteiger partial charge in [-0.25, -0.2) is 0 Å². The Morgan fingerprint density at radius 2 is 1.85 bits per heavy atom. The van der Waals surface area contributed by atoms with Gasteiger partial charge in [-0.15, -0.1) is 0 Å². The van der Waals surface area contributed by atoms with Gasteiger partial charge in [0.05, 0.1) is 12.8 Å². The summed E-state index contributed by atoms with van der Waals surface area (Å²) in [5.74, 6) is 0.924. The predicted octanol–water partition coefficient (Wildman–Crippen LogP) is 2.56. The first kappa shape index (κ1) is 18.3. The molecule has 1 saturated heterocycles. The lowest BCUT2D eigenvalue weighted by Crippen LogP contribution is -2.48. The topological polar surface area (TPSA) is 44.8 Å². The van der Waals surface area contributed by atoms with Gasteiger partial charge in [0, 0.05) is 44.8 Å². The number of ether oxygens (including phenoxy) is 1. The first-order chi connectivity index (χ1) is 12.7. The maximum Gasteiger partial charge on any atom is 0.251 e. The number of piperazine rings is 1. The van der Waals surface area contributed by atoms with Crippen LogP contribution in [0.1, 0.15) is 15.9 Å². The lowest BCUT2D eigenvalue weighted by Gasteiger charge is -2.36. The van der Waals surface area contributed by atoms with Crippen molar-refractivity contribution in [3.05, 3.63) is 59.7 Å². The fraction of sp³-hybridized carbons (Fsp3) is 0.381. The highest BCUT2D eigenvalue weighted by atomic mass is 16.5. The highest BCUT2D eigenvalue weighted by molar-refractivity contribution is 5.94. The third kappa shape index (κ3) is 4.55. The zero-order valence-corrected chi connectivity index (χ0v) is 15.6. The number of aryl methyl sites for hydroxylation is 1. The number of hydrogen-bond acceptors (Lipinski definition) is 4. The van der Waals surface area contributed by atoms with Crippen LogP contribution in [0.25, 0.3) is 0 Å². The number of benzene rings is 2. The van der Waals surface area contributed by atoms with Gasteiger partial charge in [-0.2, -0.15) is 0 Å². The van der Waals surface area contributed by atoms with Crippen LogP contribution in [0.2, 0.25) is 0 Å². The van der Waals surface area contributed by atoms with Crippen LogP contribution < -0.4 is 15.0 Å². The molecule has 0 bridgehead atoms. The maximum absolute atomic E-state index is 12.2. The van der Waals surface area contributed by atoms with Crippen molar-refractivity contribution in [2.45, 2.75) is 6.92 Å². The predicted molar refractivity (Wildman–Crippen MR) is 105 cm³/mol. The summed E-state index contributed by atoms with van der Waals surface area (Å²) in [5.41, 5.74) is 2.98. The summed E-state index contributed by atoms with van der Waals surface area (Å²) in [6, 6.07) is 15.8. The van der Waals surface area contributed by atoms with Crippen LogP contribution in [0.5, 0.6) is 5.75 Å². The number of amides is 1. The van der Waals surface area contributed by atoms with Crippen molar-refractivity contribution in [3.63, 3.8) is 0 Å². The molecule has 0 unspecified atom stereocenters. The molecule has 1 aliphatic rings. The highest BCUT2D eigenvalue weighted by Gasteiger charge is 2.19. The first-order valence-corrected chi connectivity index (χ1v) is 9.12. The highest BCUT2D eigenvalue weighted by Crippen LogP contribution is 2.28. The van der Waals surface area contributed by atoms with Crippen molar-refractivity contribution in [1.82, 2.24) is 10.2 Å². The summed E-state index contributed by atoms with van der Waals surface area (Å²) in [5, 5.41) is 3.02. The number of hydrogen-bond donors (Lipinski definition) is 1. The number of methoxy groups -OCH3 is 1. The van der Waals surface area contributed by atoms with Gasteiger partial charge < -0.3 is 15.0 Å². The molecule has 0 aromatic heterocycles. The summed E-state index contributed by atoms with van der Waals surface area (Å²) in [7, 11) is 1.71. The van der Waals surface area contributed by atoms with Gasteiger partial charge in [0.2, 0.25) is 0 Å². The van der Waals surface area contributed by atoms with Crippen molar-refractivity contribution in [2.24, 2.45) is 0 Å². The van der Waals surface area contributed by atoms with E-state index in [2.05, 4.69) is 21.2 Å². The van der Waals surface area contributed by atoms with Gasteiger partial charge in [0.15, 0.2) is 0 Å². The quantitative estimate of drug-likeness (QED) is 0.867. The van der Waals surface area contributed by atoms with Gasteiger partial charge in [-0.1, -0.05) is 29.8 Å². The van der Waals surface area contributed by atoms with E-state index in [0.717, 1.165) is 55.3 Å². The van der Waals surface area contributed by atoms with Crippen LogP contribution in [-0.2, 0) is 0 Å². The number of anilines is 1. The average Bonchev–Trinajstić information content (AvgIpc) is 2.68. The first-order valence-electron chi connectivity index (χ1n) is 9.12. The van der Waals surface area contributed by atoms with Gasteiger partial charge in [0.25, 0.3) is 5.91 Å². The number of nitrogens with zero attached hydrogens (tertiary/aromatic N) is 2. The molecule has 5 heteroatoms. The normalized spacial score (nSPS) is 14.9. The summed E-state index contributed by atoms with van der Waals surface area (Å²) < 4.78 is 5.46. The van der Waals surface area contributed by atoms with Crippen molar-refractivity contribution < 1.29 is 9.53 Å². The number of nitrogens with one attached hydrogen (secondary N) is 1. The molecule has 1 aliphatic heterocycles. The molecule has 138 valence electrons. The molecule has 26 heavy (non-hydrogen) atoms. The Morgan fingerprint density at radius 3 is 2.58 bits per heavy atom. The standard InChI is InChI=1S/C21H27N3O2/c1-17-6-5-7-18(16-17)21(25)22-10-11-23-12-14-24(15-13-23)19-8-3-4-9-20(19)26-2/h3-9,16H,10-15H2,1-2H3,(H,22,25). The fourth-order valence-corrected chi connectivity index (χ4v) is 3.32. The largest absolute Gasteiger partial charge is 0.495 e. The maximum atomic E-state index is 12.2. The Labute approximate surface area is 155 Å². The van der Waals surface area contributed by atoms with E-state index in [4.69, 9.17) is 4.74 Å². The molecule has 1 N–H and O–H groups in total. The van der Waals surface area contributed by atoms with Crippen LogP contribution >= 0.6 is 0 Å². The van der Waals surface area contributed by atoms with E-state index in [1.54, 1.807) is 7.11 Å². The van der Waals surface area contributed by atoms with E-state index in [1.165, 1.54) is 0 Å². The zero-order chi connectivity index (χ0) is 18.4. The summed E-state index contributed by atoms with van der Waals surface area (Å²) >= 11 is 0. The van der Waals surface area contributed by atoms with Gasteiger partial charge in [-0.05, 0) is 31.2 Å². The molecule has 1 heterocycles. The SMILES string of the molecule is COc1ccccc1N1CCN(CCNC(=O)c2cccc(C)c2)CC1. The van der Waals surface area contributed by atoms with E-state index in [-0.39, 0.29) is 5.91 Å². The summed E-state index contributed by atoms with van der Waals surface area (Å²) in [4.78, 5) is 16.9.